The molecule has 130 valence electrons. The number of aryl methyl sites for hydroxylation is 1. The summed E-state index contributed by atoms with van der Waals surface area (Å²) in [4.78, 5) is 26.4. The minimum Gasteiger partial charge on any atom is -0.352 e. The molecule has 1 N–H and O–H groups in total. The van der Waals surface area contributed by atoms with E-state index in [1.165, 1.54) is 0 Å². The zero-order chi connectivity index (χ0) is 18.0. The van der Waals surface area contributed by atoms with E-state index in [4.69, 9.17) is 23.2 Å². The number of hydrogen-bond donors (Lipinski definition) is 1. The molecule has 0 radical (unpaired) electrons. The van der Waals surface area contributed by atoms with Gasteiger partial charge in [-0.15, -0.1) is 0 Å². The molecule has 1 saturated heterocycles. The molecule has 0 saturated carbocycles. The summed E-state index contributed by atoms with van der Waals surface area (Å²) in [6, 6.07) is 12.7. The van der Waals surface area contributed by atoms with Crippen LogP contribution < -0.4 is 10.2 Å². The maximum atomic E-state index is 12.4. The Morgan fingerprint density at radius 2 is 1.84 bits per heavy atom. The molecule has 1 unspecified atom stereocenters. The summed E-state index contributed by atoms with van der Waals surface area (Å²) in [6.07, 6.45) is 0.217. The number of nitrogens with one attached hydrogen (secondary N) is 1. The van der Waals surface area contributed by atoms with Crippen molar-refractivity contribution in [3.63, 3.8) is 0 Å². The number of halogens is 2. The van der Waals surface area contributed by atoms with Crippen molar-refractivity contribution in [1.82, 2.24) is 5.32 Å². The van der Waals surface area contributed by atoms with Crippen LogP contribution in [0.5, 0.6) is 0 Å². The van der Waals surface area contributed by atoms with Gasteiger partial charge in [-0.2, -0.15) is 0 Å². The first kappa shape index (κ1) is 17.8. The van der Waals surface area contributed by atoms with Crippen molar-refractivity contribution >= 4 is 40.7 Å². The lowest BCUT2D eigenvalue weighted by Gasteiger charge is -2.19. The fourth-order valence-corrected chi connectivity index (χ4v) is 3.33. The Morgan fingerprint density at radius 3 is 2.52 bits per heavy atom. The van der Waals surface area contributed by atoms with E-state index >= 15 is 0 Å². The summed E-state index contributed by atoms with van der Waals surface area (Å²) in [5.74, 6) is -0.510. The van der Waals surface area contributed by atoms with Gasteiger partial charge in [0.1, 0.15) is 0 Å². The smallest absolute Gasteiger partial charge is 0.227 e. The van der Waals surface area contributed by atoms with Crippen molar-refractivity contribution in [2.75, 3.05) is 11.4 Å². The second-order valence-electron chi connectivity index (χ2n) is 6.18. The summed E-state index contributed by atoms with van der Waals surface area (Å²) < 4.78 is 0. The molecule has 0 aromatic heterocycles. The van der Waals surface area contributed by atoms with Crippen molar-refractivity contribution in [1.29, 1.82) is 0 Å². The quantitative estimate of drug-likeness (QED) is 0.877. The molecule has 1 aliphatic rings. The number of rotatable bonds is 4. The van der Waals surface area contributed by atoms with Crippen molar-refractivity contribution < 1.29 is 9.59 Å². The van der Waals surface area contributed by atoms with E-state index < -0.39 is 0 Å². The van der Waals surface area contributed by atoms with Gasteiger partial charge in [0.25, 0.3) is 0 Å². The van der Waals surface area contributed by atoms with Gasteiger partial charge >= 0.3 is 0 Å². The average molecular weight is 377 g/mol. The number of amides is 2. The molecular weight excluding hydrogens is 359 g/mol. The summed E-state index contributed by atoms with van der Waals surface area (Å²) >= 11 is 11.8. The van der Waals surface area contributed by atoms with Crippen molar-refractivity contribution in [2.24, 2.45) is 5.92 Å². The predicted molar refractivity (Wildman–Crippen MR) is 99.9 cm³/mol. The number of benzene rings is 2. The number of carbonyl (C=O) groups is 2. The third-order valence-corrected chi connectivity index (χ3v) is 4.81. The largest absolute Gasteiger partial charge is 0.352 e. The molecule has 6 heteroatoms. The van der Waals surface area contributed by atoms with Crippen LogP contribution in [0.15, 0.2) is 42.5 Å². The molecule has 1 aliphatic heterocycles. The SMILES string of the molecule is Cc1cc(Cl)ccc1N1CC(C(=O)NCc2ccc(Cl)cc2)CC1=O. The summed E-state index contributed by atoms with van der Waals surface area (Å²) in [5.41, 5.74) is 2.69. The minimum atomic E-state index is -0.352. The molecule has 25 heavy (non-hydrogen) atoms. The van der Waals surface area contributed by atoms with Gasteiger partial charge in [0.15, 0.2) is 0 Å². The Hall–Kier alpha value is -2.04. The molecule has 2 aromatic rings. The van der Waals surface area contributed by atoms with Crippen LogP contribution in [0.3, 0.4) is 0 Å². The zero-order valence-corrected chi connectivity index (χ0v) is 15.3. The van der Waals surface area contributed by atoms with Crippen LogP contribution >= 0.6 is 23.2 Å². The van der Waals surface area contributed by atoms with Crippen LogP contribution in [0.25, 0.3) is 0 Å². The standard InChI is InChI=1S/C19H18Cl2N2O2/c1-12-8-16(21)6-7-17(12)23-11-14(9-18(23)24)19(25)22-10-13-2-4-15(20)5-3-13/h2-8,14H,9-11H2,1H3,(H,22,25). The molecule has 3 rings (SSSR count). The monoisotopic (exact) mass is 376 g/mol. The highest BCUT2D eigenvalue weighted by Gasteiger charge is 2.35. The molecule has 2 aromatic carbocycles. The van der Waals surface area contributed by atoms with Crippen LogP contribution in [0.1, 0.15) is 17.5 Å². The molecular formula is C19H18Cl2N2O2. The van der Waals surface area contributed by atoms with E-state index in [1.54, 1.807) is 23.1 Å². The second-order valence-corrected chi connectivity index (χ2v) is 7.05. The van der Waals surface area contributed by atoms with E-state index in [-0.39, 0.29) is 24.2 Å². The Labute approximate surface area is 156 Å². The highest BCUT2D eigenvalue weighted by molar-refractivity contribution is 6.31. The summed E-state index contributed by atoms with van der Waals surface area (Å²) in [6.45, 7) is 2.71. The first-order valence-corrected chi connectivity index (χ1v) is 8.78. The van der Waals surface area contributed by atoms with Crippen molar-refractivity contribution in [3.8, 4) is 0 Å². The lowest BCUT2D eigenvalue weighted by molar-refractivity contribution is -0.126. The number of carbonyl (C=O) groups excluding carboxylic acids is 2. The third-order valence-electron chi connectivity index (χ3n) is 4.33. The van der Waals surface area contributed by atoms with Crippen LogP contribution in [0.2, 0.25) is 10.0 Å². The lowest BCUT2D eigenvalue weighted by atomic mass is 10.1. The third kappa shape index (κ3) is 4.14. The Bertz CT molecular complexity index is 806. The van der Waals surface area contributed by atoms with Crippen LogP contribution in [0, 0.1) is 12.8 Å². The van der Waals surface area contributed by atoms with Crippen molar-refractivity contribution in [3.05, 3.63) is 63.6 Å². The fourth-order valence-electron chi connectivity index (χ4n) is 2.97. The van der Waals surface area contributed by atoms with E-state index in [9.17, 15) is 9.59 Å². The predicted octanol–water partition coefficient (Wildman–Crippen LogP) is 3.97. The van der Waals surface area contributed by atoms with E-state index in [1.807, 2.05) is 31.2 Å². The van der Waals surface area contributed by atoms with Gasteiger partial charge in [0.05, 0.1) is 5.92 Å². The summed E-state index contributed by atoms with van der Waals surface area (Å²) in [5, 5.41) is 4.18. The number of nitrogens with zero attached hydrogens (tertiary/aromatic N) is 1. The molecule has 1 atom stereocenters. The highest BCUT2D eigenvalue weighted by Crippen LogP contribution is 2.29. The Balaban J connectivity index is 1.63. The van der Waals surface area contributed by atoms with Crippen LogP contribution in [-0.2, 0) is 16.1 Å². The van der Waals surface area contributed by atoms with Gasteiger partial charge in [-0.1, -0.05) is 35.3 Å². The van der Waals surface area contributed by atoms with E-state index in [0.717, 1.165) is 16.8 Å². The molecule has 1 fully saturated rings. The van der Waals surface area contributed by atoms with Gasteiger partial charge in [-0.05, 0) is 48.4 Å². The second kappa shape index (κ2) is 7.46. The molecule has 2 amide bonds. The number of hydrogen-bond acceptors (Lipinski definition) is 2. The van der Waals surface area contributed by atoms with Crippen LogP contribution in [0.4, 0.5) is 5.69 Å². The highest BCUT2D eigenvalue weighted by atomic mass is 35.5. The molecule has 0 bridgehead atoms. The molecule has 0 spiro atoms. The minimum absolute atomic E-state index is 0.0444. The van der Waals surface area contributed by atoms with Gasteiger partial charge in [-0.25, -0.2) is 0 Å². The van der Waals surface area contributed by atoms with Gasteiger partial charge < -0.3 is 10.2 Å². The molecule has 1 heterocycles. The lowest BCUT2D eigenvalue weighted by Crippen LogP contribution is -2.32. The topological polar surface area (TPSA) is 49.4 Å². The van der Waals surface area contributed by atoms with E-state index in [2.05, 4.69) is 5.32 Å². The maximum Gasteiger partial charge on any atom is 0.227 e. The Morgan fingerprint density at radius 1 is 1.16 bits per heavy atom. The maximum absolute atomic E-state index is 12.4. The Kier molecular flexibility index (Phi) is 5.30. The van der Waals surface area contributed by atoms with Crippen molar-refractivity contribution in [2.45, 2.75) is 19.9 Å². The first-order chi connectivity index (χ1) is 11.9. The van der Waals surface area contributed by atoms with Gasteiger partial charge in [0, 0.05) is 35.2 Å². The van der Waals surface area contributed by atoms with E-state index in [0.29, 0.717) is 23.1 Å². The number of anilines is 1. The fraction of sp³-hybridized carbons (Fsp3) is 0.263. The average Bonchev–Trinajstić information content (AvgIpc) is 2.96. The summed E-state index contributed by atoms with van der Waals surface area (Å²) in [7, 11) is 0. The zero-order valence-electron chi connectivity index (χ0n) is 13.8. The van der Waals surface area contributed by atoms with Crippen LogP contribution in [-0.4, -0.2) is 18.4 Å². The first-order valence-electron chi connectivity index (χ1n) is 8.02. The molecule has 4 nitrogen and oxygen atoms in total. The normalized spacial score (nSPS) is 17.0. The van der Waals surface area contributed by atoms with Gasteiger partial charge in [0.2, 0.25) is 11.8 Å². The van der Waals surface area contributed by atoms with Gasteiger partial charge in [-0.3, -0.25) is 9.59 Å². The molecule has 0 aliphatic carbocycles.